The Balaban J connectivity index is 1.60. The summed E-state index contributed by atoms with van der Waals surface area (Å²) in [6.45, 7) is 1.79. The predicted molar refractivity (Wildman–Crippen MR) is 94.7 cm³/mol. The Bertz CT molecular complexity index is 740. The van der Waals surface area contributed by atoms with Crippen LogP contribution in [0.15, 0.2) is 58.3 Å². The Labute approximate surface area is 150 Å². The molecule has 1 unspecified atom stereocenters. The van der Waals surface area contributed by atoms with Gasteiger partial charge in [-0.05, 0) is 49.7 Å². The van der Waals surface area contributed by atoms with Gasteiger partial charge in [0.05, 0.1) is 4.90 Å². The number of ether oxygens (including phenoxy) is 1. The van der Waals surface area contributed by atoms with Crippen LogP contribution in [-0.2, 0) is 4.79 Å². The minimum Gasteiger partial charge on any atom is -0.491 e. The molecule has 1 heterocycles. The molecule has 0 aliphatic carbocycles. The van der Waals surface area contributed by atoms with Gasteiger partial charge in [-0.1, -0.05) is 30.0 Å². The molecule has 1 atom stereocenters. The smallest absolute Gasteiger partial charge is 0.320 e. The molecule has 0 radical (unpaired) electrons. The number of para-hydroxylation sites is 1. The number of aliphatic carboxylic acids is 1. The van der Waals surface area contributed by atoms with E-state index < -0.39 is 12.0 Å². The van der Waals surface area contributed by atoms with Gasteiger partial charge in [0.25, 0.3) is 0 Å². The van der Waals surface area contributed by atoms with Crippen LogP contribution in [0.1, 0.15) is 12.8 Å². The van der Waals surface area contributed by atoms with Crippen LogP contribution in [0.4, 0.5) is 4.39 Å². The summed E-state index contributed by atoms with van der Waals surface area (Å²) in [7, 11) is 0. The number of carboxylic acid groups (broad SMARTS) is 1. The van der Waals surface area contributed by atoms with Crippen LogP contribution in [0.3, 0.4) is 0 Å². The van der Waals surface area contributed by atoms with Gasteiger partial charge in [-0.3, -0.25) is 9.69 Å². The topological polar surface area (TPSA) is 49.8 Å². The monoisotopic (exact) mass is 361 g/mol. The lowest BCUT2D eigenvalue weighted by molar-refractivity contribution is -0.142. The van der Waals surface area contributed by atoms with Crippen LogP contribution in [0, 0.1) is 5.82 Å². The average Bonchev–Trinajstić information content (AvgIpc) is 3.05. The first kappa shape index (κ1) is 17.8. The van der Waals surface area contributed by atoms with Gasteiger partial charge in [0.15, 0.2) is 0 Å². The van der Waals surface area contributed by atoms with Crippen LogP contribution in [0.2, 0.25) is 0 Å². The van der Waals surface area contributed by atoms with E-state index >= 15 is 0 Å². The number of halogens is 1. The molecule has 0 amide bonds. The summed E-state index contributed by atoms with van der Waals surface area (Å²) in [5, 5.41) is 9.21. The van der Waals surface area contributed by atoms with Crippen LogP contribution >= 0.6 is 11.8 Å². The maximum absolute atomic E-state index is 13.3. The van der Waals surface area contributed by atoms with E-state index in [-0.39, 0.29) is 5.82 Å². The fraction of sp³-hybridized carbons (Fsp3) is 0.316. The van der Waals surface area contributed by atoms with Crippen molar-refractivity contribution in [3.8, 4) is 5.75 Å². The Morgan fingerprint density at radius 2 is 2.12 bits per heavy atom. The first-order chi connectivity index (χ1) is 12.1. The highest BCUT2D eigenvalue weighted by atomic mass is 32.2. The molecule has 3 rings (SSSR count). The summed E-state index contributed by atoms with van der Waals surface area (Å²) in [5.74, 6) is -0.306. The zero-order valence-electron chi connectivity index (χ0n) is 13.7. The molecule has 6 heteroatoms. The van der Waals surface area contributed by atoms with Crippen molar-refractivity contribution in [2.45, 2.75) is 28.7 Å². The lowest BCUT2D eigenvalue weighted by atomic mass is 10.2. The molecule has 25 heavy (non-hydrogen) atoms. The SMILES string of the molecule is O=C(O)C1CCCN1CCOc1ccccc1Sc1cccc(F)c1. The van der Waals surface area contributed by atoms with E-state index in [1.165, 1.54) is 23.9 Å². The predicted octanol–water partition coefficient (Wildman–Crippen LogP) is 3.90. The van der Waals surface area contributed by atoms with Gasteiger partial charge in [0, 0.05) is 11.4 Å². The number of hydrogen-bond acceptors (Lipinski definition) is 4. The van der Waals surface area contributed by atoms with Gasteiger partial charge >= 0.3 is 5.97 Å². The number of hydrogen-bond donors (Lipinski definition) is 1. The summed E-state index contributed by atoms with van der Waals surface area (Å²) >= 11 is 1.44. The van der Waals surface area contributed by atoms with E-state index in [1.54, 1.807) is 6.07 Å². The average molecular weight is 361 g/mol. The van der Waals surface area contributed by atoms with E-state index in [0.29, 0.717) is 19.6 Å². The number of carbonyl (C=O) groups is 1. The Morgan fingerprint density at radius 3 is 2.92 bits per heavy atom. The molecule has 2 aromatic rings. The molecule has 0 spiro atoms. The number of likely N-dealkylation sites (tertiary alicyclic amines) is 1. The molecule has 1 aliphatic rings. The number of carboxylic acids is 1. The minimum atomic E-state index is -0.764. The first-order valence-electron chi connectivity index (χ1n) is 8.25. The molecular weight excluding hydrogens is 341 g/mol. The first-order valence-corrected chi connectivity index (χ1v) is 9.07. The van der Waals surface area contributed by atoms with Crippen molar-refractivity contribution in [2.24, 2.45) is 0 Å². The number of nitrogens with zero attached hydrogens (tertiary/aromatic N) is 1. The van der Waals surface area contributed by atoms with Gasteiger partial charge in [-0.2, -0.15) is 0 Å². The largest absolute Gasteiger partial charge is 0.491 e. The third kappa shape index (κ3) is 4.74. The summed E-state index contributed by atoms with van der Waals surface area (Å²) in [6.07, 6.45) is 1.60. The molecule has 0 bridgehead atoms. The van der Waals surface area contributed by atoms with Crippen LogP contribution in [-0.4, -0.2) is 41.7 Å². The van der Waals surface area contributed by atoms with Crippen LogP contribution in [0.5, 0.6) is 5.75 Å². The molecule has 1 N–H and O–H groups in total. The lowest BCUT2D eigenvalue weighted by Gasteiger charge is -2.21. The van der Waals surface area contributed by atoms with Crippen LogP contribution < -0.4 is 4.74 Å². The summed E-state index contributed by atoms with van der Waals surface area (Å²) in [6, 6.07) is 13.6. The molecule has 1 aliphatic heterocycles. The molecule has 132 valence electrons. The highest BCUT2D eigenvalue weighted by molar-refractivity contribution is 7.99. The van der Waals surface area contributed by atoms with Crippen molar-refractivity contribution >= 4 is 17.7 Å². The lowest BCUT2D eigenvalue weighted by Crippen LogP contribution is -2.38. The second-order valence-corrected chi connectivity index (χ2v) is 7.00. The molecule has 0 saturated carbocycles. The molecule has 1 saturated heterocycles. The fourth-order valence-corrected chi connectivity index (χ4v) is 3.90. The molecule has 0 aromatic heterocycles. The zero-order chi connectivity index (χ0) is 17.6. The highest BCUT2D eigenvalue weighted by Crippen LogP contribution is 2.35. The van der Waals surface area contributed by atoms with Gasteiger partial charge in [-0.25, -0.2) is 4.39 Å². The third-order valence-corrected chi connectivity index (χ3v) is 5.20. The van der Waals surface area contributed by atoms with Gasteiger partial charge in [-0.15, -0.1) is 0 Å². The van der Waals surface area contributed by atoms with Crippen molar-refractivity contribution in [1.29, 1.82) is 0 Å². The van der Waals surface area contributed by atoms with Crippen LogP contribution in [0.25, 0.3) is 0 Å². The van der Waals surface area contributed by atoms with Crippen molar-refractivity contribution in [3.05, 3.63) is 54.3 Å². The Kier molecular flexibility index (Phi) is 5.94. The standard InChI is InChI=1S/C19H20FNO3S/c20-14-5-3-6-15(13-14)25-18-9-2-1-8-17(18)24-12-11-21-10-4-7-16(21)19(22)23/h1-3,5-6,8-9,13,16H,4,7,10-12H2,(H,22,23). The third-order valence-electron chi connectivity index (χ3n) is 4.16. The Hall–Kier alpha value is -2.05. The van der Waals surface area contributed by atoms with E-state index in [9.17, 15) is 14.3 Å². The molecule has 2 aromatic carbocycles. The molecular formula is C19H20FNO3S. The number of rotatable bonds is 7. The summed E-state index contributed by atoms with van der Waals surface area (Å²) in [5.41, 5.74) is 0. The molecule has 1 fully saturated rings. The fourth-order valence-electron chi connectivity index (χ4n) is 2.96. The van der Waals surface area contributed by atoms with Crippen molar-refractivity contribution < 1.29 is 19.0 Å². The number of benzene rings is 2. The maximum atomic E-state index is 13.3. The van der Waals surface area contributed by atoms with Crippen molar-refractivity contribution in [1.82, 2.24) is 4.90 Å². The maximum Gasteiger partial charge on any atom is 0.320 e. The second-order valence-electron chi connectivity index (χ2n) is 5.89. The van der Waals surface area contributed by atoms with Crippen molar-refractivity contribution in [2.75, 3.05) is 19.7 Å². The van der Waals surface area contributed by atoms with E-state index in [2.05, 4.69) is 0 Å². The summed E-state index contributed by atoms with van der Waals surface area (Å²) < 4.78 is 19.2. The van der Waals surface area contributed by atoms with E-state index in [4.69, 9.17) is 4.74 Å². The quantitative estimate of drug-likeness (QED) is 0.810. The van der Waals surface area contributed by atoms with E-state index in [1.807, 2.05) is 35.2 Å². The van der Waals surface area contributed by atoms with E-state index in [0.717, 1.165) is 28.5 Å². The zero-order valence-corrected chi connectivity index (χ0v) is 14.5. The normalized spacial score (nSPS) is 17.6. The highest BCUT2D eigenvalue weighted by Gasteiger charge is 2.29. The summed E-state index contributed by atoms with van der Waals surface area (Å²) in [4.78, 5) is 14.9. The van der Waals surface area contributed by atoms with Crippen molar-refractivity contribution in [3.63, 3.8) is 0 Å². The van der Waals surface area contributed by atoms with Gasteiger partial charge in [0.1, 0.15) is 24.2 Å². The molecule has 4 nitrogen and oxygen atoms in total. The van der Waals surface area contributed by atoms with Gasteiger partial charge < -0.3 is 9.84 Å². The Morgan fingerprint density at radius 1 is 1.28 bits per heavy atom. The minimum absolute atomic E-state index is 0.267. The second kappa shape index (κ2) is 8.36. The van der Waals surface area contributed by atoms with Gasteiger partial charge in [0.2, 0.25) is 0 Å².